The number of thiophene rings is 1. The molecule has 0 saturated carbocycles. The van der Waals surface area contributed by atoms with Gasteiger partial charge in [-0.2, -0.15) is 4.31 Å². The van der Waals surface area contributed by atoms with Crippen LogP contribution in [0.15, 0.2) is 40.6 Å². The first-order valence-electron chi connectivity index (χ1n) is 11.1. The summed E-state index contributed by atoms with van der Waals surface area (Å²) in [5, 5.41) is 3.16. The maximum Gasteiger partial charge on any atom is 0.252 e. The van der Waals surface area contributed by atoms with Crippen LogP contribution in [0.2, 0.25) is 0 Å². The van der Waals surface area contributed by atoms with Gasteiger partial charge in [-0.1, -0.05) is 26.0 Å². The zero-order valence-electron chi connectivity index (χ0n) is 18.7. The fourth-order valence-corrected chi connectivity index (χ4v) is 7.15. The van der Waals surface area contributed by atoms with Crippen molar-refractivity contribution in [2.45, 2.75) is 50.3 Å². The van der Waals surface area contributed by atoms with Crippen LogP contribution < -0.4 is 5.32 Å². The minimum Gasteiger partial charge on any atom is -0.346 e. The average molecular weight is 475 g/mol. The van der Waals surface area contributed by atoms with Crippen molar-refractivity contribution in [1.29, 1.82) is 0 Å². The van der Waals surface area contributed by atoms with Gasteiger partial charge in [-0.25, -0.2) is 13.4 Å². The fraction of sp³-hybridized carbons (Fsp3) is 0.478. The number of imidazole rings is 1. The van der Waals surface area contributed by atoms with Crippen molar-refractivity contribution in [1.82, 2.24) is 19.6 Å². The summed E-state index contributed by atoms with van der Waals surface area (Å²) in [5.74, 6) is 0.610. The van der Waals surface area contributed by atoms with Crippen LogP contribution in [-0.2, 0) is 14.8 Å². The molecule has 172 valence electrons. The lowest BCUT2D eigenvalue weighted by molar-refractivity contribution is -0.127. The van der Waals surface area contributed by atoms with Crippen LogP contribution in [0, 0.1) is 18.8 Å². The number of hydrogen-bond donors (Lipinski definition) is 2. The average Bonchev–Trinajstić information content (AvgIpc) is 3.39. The second-order valence-corrected chi connectivity index (χ2v) is 12.3. The van der Waals surface area contributed by atoms with Gasteiger partial charge in [0, 0.05) is 18.0 Å². The van der Waals surface area contributed by atoms with E-state index in [0.717, 1.165) is 28.2 Å². The first kappa shape index (κ1) is 22.9. The number of hydrogen-bond acceptors (Lipinski definition) is 5. The van der Waals surface area contributed by atoms with E-state index < -0.39 is 10.0 Å². The highest BCUT2D eigenvalue weighted by molar-refractivity contribution is 7.91. The lowest BCUT2D eigenvalue weighted by Crippen LogP contribution is -2.46. The third-order valence-corrected chi connectivity index (χ3v) is 9.16. The van der Waals surface area contributed by atoms with Gasteiger partial charge in [-0.3, -0.25) is 4.79 Å². The molecule has 2 atom stereocenters. The summed E-state index contributed by atoms with van der Waals surface area (Å²) < 4.78 is 27.9. The first-order valence-corrected chi connectivity index (χ1v) is 13.3. The number of fused-ring (bicyclic) bond motifs is 1. The molecule has 0 spiro atoms. The highest BCUT2D eigenvalue weighted by Crippen LogP contribution is 2.29. The molecular formula is C23H30N4O3S2. The second-order valence-electron chi connectivity index (χ2n) is 8.90. The molecular weight excluding hydrogens is 444 g/mol. The van der Waals surface area contributed by atoms with Gasteiger partial charge in [0.2, 0.25) is 5.91 Å². The normalized spacial score (nSPS) is 18.8. The largest absolute Gasteiger partial charge is 0.346 e. The molecule has 32 heavy (non-hydrogen) atoms. The van der Waals surface area contributed by atoms with Gasteiger partial charge in [0.05, 0.1) is 23.0 Å². The Balaban J connectivity index is 1.50. The molecule has 3 heterocycles. The molecule has 3 aromatic rings. The number of piperidine rings is 1. The highest BCUT2D eigenvalue weighted by atomic mass is 32.2. The van der Waals surface area contributed by atoms with Gasteiger partial charge in [-0.15, -0.1) is 11.3 Å². The molecule has 1 fully saturated rings. The second kappa shape index (κ2) is 9.33. The predicted octanol–water partition coefficient (Wildman–Crippen LogP) is 4.24. The SMILES string of the molecule is Cc1ccc(S(=O)(=O)N2CCCC(C(=O)NC(CC(C)C)c3nc4ccccc4[nH]3)C2)s1. The first-order chi connectivity index (χ1) is 15.2. The van der Waals surface area contributed by atoms with Crippen LogP contribution in [0.25, 0.3) is 11.0 Å². The predicted molar refractivity (Wildman–Crippen MR) is 127 cm³/mol. The van der Waals surface area contributed by atoms with E-state index in [2.05, 4.69) is 29.1 Å². The maximum atomic E-state index is 13.2. The molecule has 2 aromatic heterocycles. The van der Waals surface area contributed by atoms with E-state index in [1.807, 2.05) is 37.3 Å². The number of para-hydroxylation sites is 2. The van der Waals surface area contributed by atoms with Crippen molar-refractivity contribution in [2.24, 2.45) is 11.8 Å². The zero-order valence-corrected chi connectivity index (χ0v) is 20.3. The van der Waals surface area contributed by atoms with Crippen LogP contribution in [-0.4, -0.2) is 41.7 Å². The van der Waals surface area contributed by atoms with Crippen LogP contribution in [0.4, 0.5) is 0 Å². The molecule has 9 heteroatoms. The van der Waals surface area contributed by atoms with Crippen LogP contribution in [0.3, 0.4) is 0 Å². The van der Waals surface area contributed by atoms with Gasteiger partial charge >= 0.3 is 0 Å². The van der Waals surface area contributed by atoms with Crippen LogP contribution >= 0.6 is 11.3 Å². The molecule has 1 aliphatic heterocycles. The van der Waals surface area contributed by atoms with E-state index in [4.69, 9.17) is 0 Å². The Morgan fingerprint density at radius 1 is 1.28 bits per heavy atom. The monoisotopic (exact) mass is 474 g/mol. The maximum absolute atomic E-state index is 13.2. The van der Waals surface area contributed by atoms with E-state index in [0.29, 0.717) is 29.5 Å². The third-order valence-electron chi connectivity index (χ3n) is 5.83. The summed E-state index contributed by atoms with van der Waals surface area (Å²) >= 11 is 1.27. The van der Waals surface area contributed by atoms with E-state index >= 15 is 0 Å². The molecule has 4 rings (SSSR count). The summed E-state index contributed by atoms with van der Waals surface area (Å²) in [4.78, 5) is 22.2. The number of aryl methyl sites for hydroxylation is 1. The van der Waals surface area contributed by atoms with E-state index in [-0.39, 0.29) is 24.4 Å². The van der Waals surface area contributed by atoms with E-state index in [1.165, 1.54) is 15.6 Å². The fourth-order valence-electron chi connectivity index (χ4n) is 4.19. The van der Waals surface area contributed by atoms with Crippen molar-refractivity contribution in [3.05, 3.63) is 47.1 Å². The Hall–Kier alpha value is -2.23. The number of carbonyl (C=O) groups is 1. The molecule has 2 N–H and O–H groups in total. The number of rotatable bonds is 7. The van der Waals surface area contributed by atoms with Gasteiger partial charge in [-0.05, 0) is 56.4 Å². The number of aromatic nitrogens is 2. The van der Waals surface area contributed by atoms with Crippen molar-refractivity contribution in [2.75, 3.05) is 13.1 Å². The molecule has 0 bridgehead atoms. The Bertz CT molecular complexity index is 1170. The van der Waals surface area contributed by atoms with Crippen molar-refractivity contribution in [3.63, 3.8) is 0 Å². The smallest absolute Gasteiger partial charge is 0.252 e. The molecule has 1 aliphatic rings. The number of H-pyrrole nitrogens is 1. The summed E-state index contributed by atoms with van der Waals surface area (Å²) in [6, 6.07) is 11.0. The molecule has 0 aliphatic carbocycles. The number of benzene rings is 1. The van der Waals surface area contributed by atoms with Crippen molar-refractivity contribution < 1.29 is 13.2 Å². The Labute approximate surface area is 193 Å². The topological polar surface area (TPSA) is 95.2 Å². The number of nitrogens with zero attached hydrogens (tertiary/aromatic N) is 2. The Morgan fingerprint density at radius 3 is 2.75 bits per heavy atom. The van der Waals surface area contributed by atoms with Gasteiger partial charge < -0.3 is 10.3 Å². The summed E-state index contributed by atoms with van der Waals surface area (Å²) in [5.41, 5.74) is 1.80. The zero-order chi connectivity index (χ0) is 22.9. The molecule has 1 aromatic carbocycles. The van der Waals surface area contributed by atoms with Gasteiger partial charge in [0.15, 0.2) is 0 Å². The molecule has 7 nitrogen and oxygen atoms in total. The number of aromatic amines is 1. The number of amides is 1. The summed E-state index contributed by atoms with van der Waals surface area (Å²) in [7, 11) is -3.57. The summed E-state index contributed by atoms with van der Waals surface area (Å²) in [6.07, 6.45) is 2.09. The molecule has 1 amide bonds. The molecule has 1 saturated heterocycles. The van der Waals surface area contributed by atoms with Crippen LogP contribution in [0.1, 0.15) is 49.9 Å². The molecule has 0 radical (unpaired) electrons. The standard InChI is InChI=1S/C23H30N4O3S2/c1-15(2)13-20(22-24-18-8-4-5-9-19(18)25-22)26-23(28)17-7-6-12-27(14-17)32(29,30)21-11-10-16(3)31-21/h4-5,8-11,15,17,20H,6-7,12-14H2,1-3H3,(H,24,25)(H,26,28). The van der Waals surface area contributed by atoms with Crippen molar-refractivity contribution in [3.8, 4) is 0 Å². The number of sulfonamides is 1. The molecule has 2 unspecified atom stereocenters. The van der Waals surface area contributed by atoms with E-state index in [9.17, 15) is 13.2 Å². The number of nitrogens with one attached hydrogen (secondary N) is 2. The Kier molecular flexibility index (Phi) is 6.69. The quantitative estimate of drug-likeness (QED) is 0.535. The number of carbonyl (C=O) groups excluding carboxylic acids is 1. The minimum atomic E-state index is -3.57. The third kappa shape index (κ3) is 4.89. The highest BCUT2D eigenvalue weighted by Gasteiger charge is 2.35. The van der Waals surface area contributed by atoms with Crippen molar-refractivity contribution >= 4 is 38.3 Å². The minimum absolute atomic E-state index is 0.113. The Morgan fingerprint density at radius 2 is 2.06 bits per heavy atom. The van der Waals surface area contributed by atoms with Gasteiger partial charge in [0.1, 0.15) is 10.0 Å². The van der Waals surface area contributed by atoms with E-state index in [1.54, 1.807) is 6.07 Å². The lowest BCUT2D eigenvalue weighted by atomic mass is 9.97. The summed E-state index contributed by atoms with van der Waals surface area (Å²) in [6.45, 7) is 6.77. The van der Waals surface area contributed by atoms with Crippen LogP contribution in [0.5, 0.6) is 0 Å². The lowest BCUT2D eigenvalue weighted by Gasteiger charge is -2.31. The van der Waals surface area contributed by atoms with Gasteiger partial charge in [0.25, 0.3) is 10.0 Å².